The van der Waals surface area contributed by atoms with Gasteiger partial charge < -0.3 is 154 Å². The van der Waals surface area contributed by atoms with Crippen LogP contribution in [0, 0.1) is 0 Å². The Morgan fingerprint density at radius 3 is 1.24 bits per heavy atom. The Balaban J connectivity index is 1.26. The van der Waals surface area contributed by atoms with Gasteiger partial charge in [-0.3, -0.25) is 4.79 Å². The summed E-state index contributed by atoms with van der Waals surface area (Å²) in [6.07, 6.45) is -55.8. The van der Waals surface area contributed by atoms with Gasteiger partial charge in [-0.2, -0.15) is 0 Å². The molecule has 32 heteroatoms. The second-order valence-corrected chi connectivity index (χ2v) is 17.6. The van der Waals surface area contributed by atoms with E-state index >= 15 is 0 Å². The number of hydrogen-bond donors (Lipinski definition) is 20. The molecule has 6 heterocycles. The maximum atomic E-state index is 12.0. The molecule has 0 aromatic heterocycles. The van der Waals surface area contributed by atoms with Crippen LogP contribution in [0.3, 0.4) is 0 Å². The number of aliphatic hydroxyl groups excluding tert-OH is 19. The number of carbonyl (C=O) groups is 1. The minimum Gasteiger partial charge on any atom is -0.394 e. The molecule has 6 aliphatic heterocycles. The number of nitrogens with one attached hydrogen (secondary N) is 1. The highest BCUT2D eigenvalue weighted by atomic mass is 16.8. The third-order valence-corrected chi connectivity index (χ3v) is 12.8. The molecule has 30 atom stereocenters. The first-order chi connectivity index (χ1) is 33.1. The van der Waals surface area contributed by atoms with E-state index in [4.69, 9.17) is 52.1 Å². The van der Waals surface area contributed by atoms with Crippen molar-refractivity contribution in [3.8, 4) is 0 Å². The van der Waals surface area contributed by atoms with Crippen LogP contribution >= 0.6 is 0 Å². The Morgan fingerprint density at radius 1 is 0.371 bits per heavy atom. The van der Waals surface area contributed by atoms with Crippen LogP contribution in [0.2, 0.25) is 0 Å². The number of hydrogen-bond acceptors (Lipinski definition) is 31. The van der Waals surface area contributed by atoms with E-state index in [9.17, 15) is 102 Å². The van der Waals surface area contributed by atoms with Crippen molar-refractivity contribution in [2.24, 2.45) is 0 Å². The van der Waals surface area contributed by atoms with Crippen LogP contribution in [0.15, 0.2) is 0 Å². The van der Waals surface area contributed by atoms with Crippen LogP contribution in [-0.2, 0) is 56.9 Å². The van der Waals surface area contributed by atoms with Crippen molar-refractivity contribution >= 4 is 5.91 Å². The zero-order valence-electron chi connectivity index (χ0n) is 37.0. The zero-order chi connectivity index (χ0) is 51.6. The van der Waals surface area contributed by atoms with Crippen molar-refractivity contribution in [3.05, 3.63) is 0 Å². The molecule has 6 saturated heterocycles. The van der Waals surface area contributed by atoms with Crippen LogP contribution in [0.1, 0.15) is 6.92 Å². The van der Waals surface area contributed by atoms with Gasteiger partial charge in [-0.25, -0.2) is 0 Å². The van der Waals surface area contributed by atoms with E-state index in [1.807, 2.05) is 0 Å². The topological polar surface area (TPSA) is 515 Å². The second kappa shape index (κ2) is 24.7. The van der Waals surface area contributed by atoms with Crippen LogP contribution in [0.4, 0.5) is 0 Å². The quantitative estimate of drug-likeness (QED) is 0.0643. The highest BCUT2D eigenvalue weighted by molar-refractivity contribution is 5.73. The Labute approximate surface area is 395 Å². The van der Waals surface area contributed by atoms with Gasteiger partial charge in [-0.05, 0) is 0 Å². The van der Waals surface area contributed by atoms with Gasteiger partial charge in [-0.1, -0.05) is 0 Å². The van der Waals surface area contributed by atoms with E-state index in [1.165, 1.54) is 0 Å². The molecule has 0 aromatic rings. The standard InChI is InChI=1S/C38H65NO31/c1-8(44)39-15-21(50)30(12(5-43)62-33(15)59)68-37-29(58)31(69-38-32(25(54)18(47)11(4-42)65-38)70-36-28(57)23(52)17(46)10(3-41)64-36)20(49)14(67-37)7-61-35-27(56)24(53)19(48)13(66-35)6-60-34-26(55)22(51)16(45)9(2-40)63-34/h9-38,40-43,45-59H,2-7H2,1H3,(H,39,44)/t9-,10-,11-,12-,13+,14+,15-,16-,17-,18-,19+,20+,21-,22+,23+,24-,25+,26+,27-,28+,29-,30-,31-,32+,33-,34+,35-,36-,37-,38-/m0/s1. The van der Waals surface area contributed by atoms with E-state index in [2.05, 4.69) is 5.32 Å². The lowest BCUT2D eigenvalue weighted by molar-refractivity contribution is -0.396. The van der Waals surface area contributed by atoms with Crippen molar-refractivity contribution in [1.82, 2.24) is 5.32 Å². The van der Waals surface area contributed by atoms with E-state index < -0.39 is 230 Å². The molecule has 0 bridgehead atoms. The third-order valence-electron chi connectivity index (χ3n) is 12.8. The molecular weight excluding hydrogens is 966 g/mol. The predicted molar refractivity (Wildman–Crippen MR) is 211 cm³/mol. The Kier molecular flexibility index (Phi) is 20.3. The summed E-state index contributed by atoms with van der Waals surface area (Å²) in [5, 5.41) is 204. The second-order valence-electron chi connectivity index (χ2n) is 17.6. The minimum atomic E-state index is -2.28. The monoisotopic (exact) mass is 1030 g/mol. The first kappa shape index (κ1) is 57.5. The molecule has 6 rings (SSSR count). The smallest absolute Gasteiger partial charge is 0.217 e. The molecule has 0 aromatic carbocycles. The highest BCUT2D eigenvalue weighted by Crippen LogP contribution is 2.36. The highest BCUT2D eigenvalue weighted by Gasteiger charge is 2.57. The van der Waals surface area contributed by atoms with Crippen LogP contribution in [-0.4, -0.2) is 327 Å². The summed E-state index contributed by atoms with van der Waals surface area (Å²) < 4.78 is 61.8. The van der Waals surface area contributed by atoms with Gasteiger partial charge in [0.2, 0.25) is 5.91 Å². The number of aliphatic hydroxyl groups is 19. The predicted octanol–water partition coefficient (Wildman–Crippen LogP) is -14.0. The largest absolute Gasteiger partial charge is 0.394 e. The molecule has 1 amide bonds. The SMILES string of the molecule is CC(=O)N[C@H]1[C@H](O)[C@@H](O[C@@H]2O[C@H](CO[C@H]3O[C@H](CO[C@@H]4O[C@@H](CO)[C@H](O)[C@@H](O)[C@H]4O)[C@@H](O)[C@H](O)[C@@H]3O)[C@@H](O)[C@H](O[C@@H]3O[C@@H](CO)[C@H](O)[C@@H](O)[C@H]3O[C@@H]3O[C@@H](CO)[C@H](O)[C@@H](O)[C@H]3O)[C@@H]2O)[C@H](CO)O[C@@H]1O. The lowest BCUT2D eigenvalue weighted by Crippen LogP contribution is -2.69. The van der Waals surface area contributed by atoms with E-state index in [0.717, 1.165) is 6.92 Å². The Morgan fingerprint density at radius 2 is 0.743 bits per heavy atom. The number of amides is 1. The average Bonchev–Trinajstić information content (AvgIpc) is 3.33. The van der Waals surface area contributed by atoms with Crippen molar-refractivity contribution in [2.45, 2.75) is 191 Å². The van der Waals surface area contributed by atoms with Crippen molar-refractivity contribution in [1.29, 1.82) is 0 Å². The Hall–Kier alpha value is -1.73. The summed E-state index contributed by atoms with van der Waals surface area (Å²) in [7, 11) is 0. The summed E-state index contributed by atoms with van der Waals surface area (Å²) >= 11 is 0. The van der Waals surface area contributed by atoms with Gasteiger partial charge >= 0.3 is 0 Å². The molecule has 0 aliphatic carbocycles. The van der Waals surface area contributed by atoms with E-state index in [1.54, 1.807) is 0 Å². The maximum absolute atomic E-state index is 12.0. The number of carbonyl (C=O) groups excluding carboxylic acids is 1. The van der Waals surface area contributed by atoms with Crippen molar-refractivity contribution < 1.29 is 154 Å². The van der Waals surface area contributed by atoms with Gasteiger partial charge in [0.15, 0.2) is 37.7 Å². The molecule has 0 radical (unpaired) electrons. The molecule has 0 spiro atoms. The van der Waals surface area contributed by atoms with Crippen molar-refractivity contribution in [2.75, 3.05) is 39.6 Å². The molecule has 0 saturated carbocycles. The summed E-state index contributed by atoms with van der Waals surface area (Å²) in [6, 6.07) is -1.62. The average molecular weight is 1030 g/mol. The molecule has 20 N–H and O–H groups in total. The summed E-state index contributed by atoms with van der Waals surface area (Å²) in [4.78, 5) is 12.0. The maximum Gasteiger partial charge on any atom is 0.217 e. The molecule has 32 nitrogen and oxygen atoms in total. The van der Waals surface area contributed by atoms with E-state index in [0.29, 0.717) is 0 Å². The first-order valence-corrected chi connectivity index (χ1v) is 22.1. The summed E-state index contributed by atoms with van der Waals surface area (Å²) in [5.41, 5.74) is 0. The fourth-order valence-corrected chi connectivity index (χ4v) is 8.69. The molecule has 70 heavy (non-hydrogen) atoms. The molecule has 0 unspecified atom stereocenters. The van der Waals surface area contributed by atoms with Crippen LogP contribution < -0.4 is 5.32 Å². The fourth-order valence-electron chi connectivity index (χ4n) is 8.69. The first-order valence-electron chi connectivity index (χ1n) is 22.1. The molecular formula is C38H65NO31. The normalized spacial score (nSPS) is 51.5. The fraction of sp³-hybridized carbons (Fsp3) is 0.974. The van der Waals surface area contributed by atoms with Gasteiger partial charge in [-0.15, -0.1) is 0 Å². The van der Waals surface area contributed by atoms with Crippen molar-refractivity contribution in [3.63, 3.8) is 0 Å². The van der Waals surface area contributed by atoms with Crippen LogP contribution in [0.25, 0.3) is 0 Å². The van der Waals surface area contributed by atoms with Gasteiger partial charge in [0, 0.05) is 6.92 Å². The number of ether oxygens (including phenoxy) is 11. The van der Waals surface area contributed by atoms with Gasteiger partial charge in [0.1, 0.15) is 146 Å². The summed E-state index contributed by atoms with van der Waals surface area (Å²) in [6.45, 7) is -4.40. The lowest BCUT2D eigenvalue weighted by atomic mass is 9.95. The van der Waals surface area contributed by atoms with Gasteiger partial charge in [0.05, 0.1) is 39.6 Å². The zero-order valence-corrected chi connectivity index (χ0v) is 37.0. The third kappa shape index (κ3) is 12.2. The Bertz CT molecular complexity index is 1630. The molecule has 6 fully saturated rings. The van der Waals surface area contributed by atoms with Crippen LogP contribution in [0.5, 0.6) is 0 Å². The molecule has 408 valence electrons. The summed E-state index contributed by atoms with van der Waals surface area (Å²) in [5.74, 6) is -0.760. The molecule has 6 aliphatic rings. The van der Waals surface area contributed by atoms with E-state index in [-0.39, 0.29) is 0 Å². The minimum absolute atomic E-state index is 0.760. The lowest BCUT2D eigenvalue weighted by Gasteiger charge is -2.50. The number of rotatable bonds is 17. The van der Waals surface area contributed by atoms with Gasteiger partial charge in [0.25, 0.3) is 0 Å².